The van der Waals surface area contributed by atoms with E-state index in [-0.39, 0.29) is 5.82 Å². The Balaban J connectivity index is 1.72. The lowest BCUT2D eigenvalue weighted by Gasteiger charge is -2.33. The monoisotopic (exact) mass is 378 g/mol. The van der Waals surface area contributed by atoms with Gasteiger partial charge in [-0.1, -0.05) is 49.4 Å². The lowest BCUT2D eigenvalue weighted by atomic mass is 9.73. The molecule has 0 saturated heterocycles. The maximum Gasteiger partial charge on any atom is 0.123 e. The summed E-state index contributed by atoms with van der Waals surface area (Å²) in [4.78, 5) is 2.52. The van der Waals surface area contributed by atoms with E-state index in [0.29, 0.717) is 12.0 Å². The molecule has 0 radical (unpaired) electrons. The molecule has 0 spiro atoms. The molecule has 3 rings (SSSR count). The number of hydrogen-bond acceptors (Lipinski definition) is 2. The molecule has 0 bridgehead atoms. The van der Waals surface area contributed by atoms with E-state index in [0.717, 1.165) is 50.8 Å². The lowest BCUT2D eigenvalue weighted by molar-refractivity contribution is 0.180. The van der Waals surface area contributed by atoms with E-state index in [1.807, 2.05) is 12.1 Å². The zero-order valence-electron chi connectivity index (χ0n) is 17.1. The van der Waals surface area contributed by atoms with Gasteiger partial charge in [0.2, 0.25) is 0 Å². The number of benzene rings is 2. The van der Waals surface area contributed by atoms with Crippen LogP contribution >= 0.6 is 0 Å². The second-order valence-corrected chi connectivity index (χ2v) is 8.21. The predicted octanol–water partition coefficient (Wildman–Crippen LogP) is 6.08. The highest BCUT2D eigenvalue weighted by molar-refractivity contribution is 5.35. The maximum atomic E-state index is 13.4. The predicted molar refractivity (Wildman–Crippen MR) is 112 cm³/mol. The second-order valence-electron chi connectivity index (χ2n) is 8.21. The highest BCUT2D eigenvalue weighted by Crippen LogP contribution is 2.50. The van der Waals surface area contributed by atoms with Crippen LogP contribution in [-0.4, -0.2) is 17.5 Å². The Hall–Kier alpha value is -2.18. The van der Waals surface area contributed by atoms with E-state index < -0.39 is 5.41 Å². The third-order valence-electron chi connectivity index (χ3n) is 6.15. The smallest absolute Gasteiger partial charge is 0.123 e. The van der Waals surface area contributed by atoms with Crippen molar-refractivity contribution in [2.24, 2.45) is 5.92 Å². The van der Waals surface area contributed by atoms with Gasteiger partial charge in [-0.05, 0) is 74.8 Å². The number of nitrogens with zero attached hydrogens (tertiary/aromatic N) is 2. The van der Waals surface area contributed by atoms with Crippen molar-refractivity contribution < 1.29 is 4.39 Å². The molecule has 0 N–H and O–H groups in total. The van der Waals surface area contributed by atoms with Crippen LogP contribution in [0.2, 0.25) is 0 Å². The minimum absolute atomic E-state index is 0.239. The van der Waals surface area contributed by atoms with E-state index in [1.165, 1.54) is 17.7 Å². The first-order valence-electron chi connectivity index (χ1n) is 10.5. The van der Waals surface area contributed by atoms with E-state index in [9.17, 15) is 9.65 Å². The third kappa shape index (κ3) is 4.80. The van der Waals surface area contributed by atoms with E-state index in [1.54, 1.807) is 0 Å². The van der Waals surface area contributed by atoms with Gasteiger partial charge >= 0.3 is 0 Å². The molecular formula is C25H31FN2. The topological polar surface area (TPSA) is 27.0 Å². The third-order valence-corrected chi connectivity index (χ3v) is 6.15. The van der Waals surface area contributed by atoms with Gasteiger partial charge in [-0.2, -0.15) is 5.26 Å². The van der Waals surface area contributed by atoms with Gasteiger partial charge in [0, 0.05) is 12.6 Å². The highest BCUT2D eigenvalue weighted by Gasteiger charge is 2.46. The average Bonchev–Trinajstić information content (AvgIpc) is 3.56. The molecule has 2 aromatic rings. The fraction of sp³-hybridized carbons (Fsp3) is 0.480. The molecule has 2 atom stereocenters. The summed E-state index contributed by atoms with van der Waals surface area (Å²) in [6.07, 6.45) is 5.11. The first-order chi connectivity index (χ1) is 13.6. The minimum atomic E-state index is -0.480. The van der Waals surface area contributed by atoms with Gasteiger partial charge < -0.3 is 0 Å². The normalized spacial score (nSPS) is 17.1. The Morgan fingerprint density at radius 3 is 2.39 bits per heavy atom. The molecule has 2 unspecified atom stereocenters. The molecule has 1 aliphatic rings. The maximum absolute atomic E-state index is 13.4. The van der Waals surface area contributed by atoms with Crippen molar-refractivity contribution in [2.45, 2.75) is 64.0 Å². The summed E-state index contributed by atoms with van der Waals surface area (Å²) in [6, 6.07) is 20.2. The second kappa shape index (κ2) is 9.34. The molecule has 1 fully saturated rings. The minimum Gasteiger partial charge on any atom is -0.296 e. The van der Waals surface area contributed by atoms with Gasteiger partial charge in [0.25, 0.3) is 0 Å². The Kier molecular flexibility index (Phi) is 6.86. The fourth-order valence-corrected chi connectivity index (χ4v) is 4.30. The summed E-state index contributed by atoms with van der Waals surface area (Å²) < 4.78 is 13.4. The number of hydrogen-bond donors (Lipinski definition) is 0. The quantitative estimate of drug-likeness (QED) is 0.501. The van der Waals surface area contributed by atoms with Gasteiger partial charge in [-0.25, -0.2) is 4.39 Å². The molecular weight excluding hydrogens is 347 g/mol. The van der Waals surface area contributed by atoms with Gasteiger partial charge in [-0.15, -0.1) is 0 Å². The first kappa shape index (κ1) is 20.6. The summed E-state index contributed by atoms with van der Waals surface area (Å²) in [6.45, 7) is 6.48. The van der Waals surface area contributed by atoms with Crippen LogP contribution in [0.4, 0.5) is 4.39 Å². The lowest BCUT2D eigenvalue weighted by Crippen LogP contribution is -2.36. The van der Waals surface area contributed by atoms with Crippen LogP contribution in [0.15, 0.2) is 54.6 Å². The molecule has 0 amide bonds. The van der Waals surface area contributed by atoms with Crippen LogP contribution in [0.5, 0.6) is 0 Å². The van der Waals surface area contributed by atoms with Crippen molar-refractivity contribution in [2.75, 3.05) is 6.54 Å². The van der Waals surface area contributed by atoms with E-state index in [4.69, 9.17) is 0 Å². The average molecular weight is 379 g/mol. The Morgan fingerprint density at radius 2 is 1.82 bits per heavy atom. The summed E-state index contributed by atoms with van der Waals surface area (Å²) in [5, 5.41) is 10.1. The summed E-state index contributed by atoms with van der Waals surface area (Å²) in [5.74, 6) is 0.167. The van der Waals surface area contributed by atoms with Crippen molar-refractivity contribution in [1.82, 2.24) is 4.90 Å². The van der Waals surface area contributed by atoms with Crippen LogP contribution in [0.25, 0.3) is 0 Å². The largest absolute Gasteiger partial charge is 0.296 e. The zero-order valence-corrected chi connectivity index (χ0v) is 17.1. The fourth-order valence-electron chi connectivity index (χ4n) is 4.30. The standard InChI is InChI=1S/C25H31FN2/c1-3-17-28(18-21-7-5-4-6-8-21)20(2)15-16-25(19-27,22-9-10-22)23-11-13-24(26)14-12-23/h4-8,11-14,20,22H,3,9-10,15-18H2,1-2H3. The van der Waals surface area contributed by atoms with Crippen molar-refractivity contribution in [3.05, 3.63) is 71.5 Å². The first-order valence-corrected chi connectivity index (χ1v) is 10.5. The zero-order chi connectivity index (χ0) is 20.0. The SMILES string of the molecule is CCCN(Cc1ccccc1)C(C)CCC(C#N)(c1ccc(F)cc1)C1CC1. The van der Waals surface area contributed by atoms with Crippen LogP contribution in [-0.2, 0) is 12.0 Å². The van der Waals surface area contributed by atoms with Crippen LogP contribution in [0.3, 0.4) is 0 Å². The molecule has 0 aromatic heterocycles. The summed E-state index contributed by atoms with van der Waals surface area (Å²) in [5.41, 5.74) is 1.83. The highest BCUT2D eigenvalue weighted by atomic mass is 19.1. The van der Waals surface area contributed by atoms with Crippen LogP contribution in [0, 0.1) is 23.1 Å². The number of halogens is 1. The molecule has 3 heteroatoms. The van der Waals surface area contributed by atoms with Gasteiger partial charge in [0.1, 0.15) is 5.82 Å². The Bertz CT molecular complexity index is 776. The van der Waals surface area contributed by atoms with Crippen LogP contribution < -0.4 is 0 Å². The van der Waals surface area contributed by atoms with Crippen LogP contribution in [0.1, 0.15) is 57.1 Å². The van der Waals surface area contributed by atoms with Crippen molar-refractivity contribution in [1.29, 1.82) is 5.26 Å². The molecule has 148 valence electrons. The number of nitriles is 1. The van der Waals surface area contributed by atoms with Gasteiger partial charge in [-0.3, -0.25) is 4.90 Å². The molecule has 28 heavy (non-hydrogen) atoms. The molecule has 0 heterocycles. The van der Waals surface area contributed by atoms with E-state index >= 15 is 0 Å². The molecule has 1 aliphatic carbocycles. The molecule has 0 aliphatic heterocycles. The van der Waals surface area contributed by atoms with Crippen molar-refractivity contribution in [3.63, 3.8) is 0 Å². The van der Waals surface area contributed by atoms with Crippen molar-refractivity contribution >= 4 is 0 Å². The van der Waals surface area contributed by atoms with Gasteiger partial charge in [0.15, 0.2) is 0 Å². The Labute approximate surface area is 169 Å². The summed E-state index contributed by atoms with van der Waals surface area (Å²) in [7, 11) is 0. The molecule has 2 aromatic carbocycles. The Morgan fingerprint density at radius 1 is 1.14 bits per heavy atom. The molecule has 1 saturated carbocycles. The summed E-state index contributed by atoms with van der Waals surface area (Å²) >= 11 is 0. The van der Waals surface area contributed by atoms with E-state index in [2.05, 4.69) is 55.1 Å². The number of rotatable bonds is 10. The molecule has 2 nitrogen and oxygen atoms in total. The van der Waals surface area contributed by atoms with Gasteiger partial charge in [0.05, 0.1) is 11.5 Å². The van der Waals surface area contributed by atoms with Crippen molar-refractivity contribution in [3.8, 4) is 6.07 Å².